The van der Waals surface area contributed by atoms with Crippen LogP contribution < -0.4 is 5.32 Å². The minimum Gasteiger partial charge on any atom is -0.465 e. The molecule has 1 aromatic heterocycles. The van der Waals surface area contributed by atoms with Crippen molar-refractivity contribution in [1.29, 1.82) is 0 Å². The minimum atomic E-state index is -0.298. The van der Waals surface area contributed by atoms with Gasteiger partial charge < -0.3 is 10.1 Å². The van der Waals surface area contributed by atoms with Gasteiger partial charge in [-0.3, -0.25) is 4.90 Å². The van der Waals surface area contributed by atoms with E-state index in [1.54, 1.807) is 12.4 Å². The first kappa shape index (κ1) is 18.5. The molecule has 1 atom stereocenters. The van der Waals surface area contributed by atoms with Gasteiger partial charge in [0.25, 0.3) is 0 Å². The summed E-state index contributed by atoms with van der Waals surface area (Å²) in [7, 11) is 1.41. The number of hydrogen-bond acceptors (Lipinski definition) is 6. The fraction of sp³-hybridized carbons (Fsp3) is 0.450. The van der Waals surface area contributed by atoms with Crippen LogP contribution in [0.15, 0.2) is 43.0 Å². The zero-order valence-electron chi connectivity index (χ0n) is 15.2. The number of aromatic nitrogens is 2. The van der Waals surface area contributed by atoms with E-state index in [4.69, 9.17) is 4.74 Å². The Morgan fingerprint density at radius 1 is 1.19 bits per heavy atom. The topological polar surface area (TPSA) is 67.3 Å². The highest BCUT2D eigenvalue weighted by Crippen LogP contribution is 2.20. The van der Waals surface area contributed by atoms with Crippen molar-refractivity contribution in [1.82, 2.24) is 20.2 Å². The van der Waals surface area contributed by atoms with Crippen molar-refractivity contribution in [2.75, 3.05) is 20.2 Å². The quantitative estimate of drug-likeness (QED) is 0.804. The number of hydrogen-bond donors (Lipinski definition) is 1. The van der Waals surface area contributed by atoms with E-state index < -0.39 is 0 Å². The molecule has 138 valence electrons. The van der Waals surface area contributed by atoms with E-state index in [0.717, 1.165) is 50.1 Å². The maximum atomic E-state index is 11.8. The second-order valence-corrected chi connectivity index (χ2v) is 6.68. The Morgan fingerprint density at radius 2 is 2.00 bits per heavy atom. The summed E-state index contributed by atoms with van der Waals surface area (Å²) in [6.07, 6.45) is 8.76. The molecule has 0 amide bonds. The van der Waals surface area contributed by atoms with Crippen LogP contribution in [0.4, 0.5) is 0 Å². The molecule has 1 unspecified atom stereocenters. The second kappa shape index (κ2) is 9.40. The second-order valence-electron chi connectivity index (χ2n) is 6.68. The number of ether oxygens (including phenoxy) is 1. The number of benzene rings is 1. The first-order chi connectivity index (χ1) is 12.8. The first-order valence-electron chi connectivity index (χ1n) is 9.12. The van der Waals surface area contributed by atoms with Crippen molar-refractivity contribution in [2.24, 2.45) is 0 Å². The molecule has 6 nitrogen and oxygen atoms in total. The molecule has 0 bridgehead atoms. The molecule has 2 aromatic rings. The van der Waals surface area contributed by atoms with Crippen molar-refractivity contribution in [3.05, 3.63) is 59.7 Å². The van der Waals surface area contributed by atoms with Gasteiger partial charge in [0, 0.05) is 37.1 Å². The SMILES string of the molecule is COC(=O)c1cccc(CN(Cc2cncnc2)C2CCCNCC2)c1. The van der Waals surface area contributed by atoms with E-state index in [0.29, 0.717) is 11.6 Å². The summed E-state index contributed by atoms with van der Waals surface area (Å²) in [5, 5.41) is 3.48. The van der Waals surface area contributed by atoms with Crippen LogP contribution in [0.1, 0.15) is 40.7 Å². The molecule has 1 aliphatic heterocycles. The molecule has 1 saturated heterocycles. The maximum absolute atomic E-state index is 11.8. The lowest BCUT2D eigenvalue weighted by atomic mass is 10.0. The van der Waals surface area contributed by atoms with Crippen LogP contribution in [-0.4, -0.2) is 47.1 Å². The summed E-state index contributed by atoms with van der Waals surface area (Å²) in [6, 6.07) is 8.19. The number of carbonyl (C=O) groups excluding carboxylic acids is 1. The third kappa shape index (κ3) is 5.09. The Labute approximate surface area is 154 Å². The highest BCUT2D eigenvalue weighted by atomic mass is 16.5. The summed E-state index contributed by atoms with van der Waals surface area (Å²) >= 11 is 0. The van der Waals surface area contributed by atoms with Crippen LogP contribution in [-0.2, 0) is 17.8 Å². The Bertz CT molecular complexity index is 700. The normalized spacial score (nSPS) is 17.7. The number of nitrogens with one attached hydrogen (secondary N) is 1. The van der Waals surface area contributed by atoms with Gasteiger partial charge in [0.2, 0.25) is 0 Å². The van der Waals surface area contributed by atoms with Crippen LogP contribution in [0.5, 0.6) is 0 Å². The zero-order chi connectivity index (χ0) is 18.2. The highest BCUT2D eigenvalue weighted by Gasteiger charge is 2.21. The van der Waals surface area contributed by atoms with Crippen molar-refractivity contribution in [3.8, 4) is 0 Å². The van der Waals surface area contributed by atoms with Crippen LogP contribution in [0.3, 0.4) is 0 Å². The molecule has 1 aliphatic rings. The summed E-state index contributed by atoms with van der Waals surface area (Å²) in [5.74, 6) is -0.298. The number of carbonyl (C=O) groups is 1. The van der Waals surface area contributed by atoms with Gasteiger partial charge in [-0.05, 0) is 50.0 Å². The van der Waals surface area contributed by atoms with Gasteiger partial charge in [0.05, 0.1) is 12.7 Å². The Hall–Kier alpha value is -2.31. The summed E-state index contributed by atoms with van der Waals surface area (Å²) < 4.78 is 4.85. The first-order valence-corrected chi connectivity index (χ1v) is 9.12. The molecule has 0 spiro atoms. The number of nitrogens with zero attached hydrogens (tertiary/aromatic N) is 3. The van der Waals surface area contributed by atoms with E-state index in [1.807, 2.05) is 24.5 Å². The summed E-state index contributed by atoms with van der Waals surface area (Å²) in [6.45, 7) is 3.70. The fourth-order valence-electron chi connectivity index (χ4n) is 3.48. The molecule has 6 heteroatoms. The van der Waals surface area contributed by atoms with E-state index in [1.165, 1.54) is 13.5 Å². The monoisotopic (exact) mass is 354 g/mol. The molecule has 1 fully saturated rings. The van der Waals surface area contributed by atoms with Crippen molar-refractivity contribution < 1.29 is 9.53 Å². The van der Waals surface area contributed by atoms with Gasteiger partial charge >= 0.3 is 5.97 Å². The fourth-order valence-corrected chi connectivity index (χ4v) is 3.48. The van der Waals surface area contributed by atoms with Gasteiger partial charge in [-0.2, -0.15) is 0 Å². The van der Waals surface area contributed by atoms with Crippen LogP contribution in [0, 0.1) is 0 Å². The molecular formula is C20H26N4O2. The molecule has 26 heavy (non-hydrogen) atoms. The average Bonchev–Trinajstić information content (AvgIpc) is 2.97. The van der Waals surface area contributed by atoms with E-state index in [-0.39, 0.29) is 5.97 Å². The standard InChI is InChI=1S/C20H26N4O2/c1-26-20(25)18-5-2-4-16(10-18)13-24(14-17-11-22-15-23-12-17)19-6-3-8-21-9-7-19/h2,4-5,10-12,15,19,21H,3,6-9,13-14H2,1H3. The van der Waals surface area contributed by atoms with E-state index in [9.17, 15) is 4.79 Å². The number of rotatable bonds is 6. The molecule has 0 saturated carbocycles. The molecular weight excluding hydrogens is 328 g/mol. The lowest BCUT2D eigenvalue weighted by Crippen LogP contribution is -2.35. The molecule has 3 rings (SSSR count). The van der Waals surface area contributed by atoms with E-state index >= 15 is 0 Å². The lowest BCUT2D eigenvalue weighted by Gasteiger charge is -2.31. The van der Waals surface area contributed by atoms with Gasteiger partial charge in [-0.25, -0.2) is 14.8 Å². The van der Waals surface area contributed by atoms with Crippen LogP contribution in [0.25, 0.3) is 0 Å². The van der Waals surface area contributed by atoms with Gasteiger partial charge in [-0.1, -0.05) is 12.1 Å². The third-order valence-electron chi connectivity index (χ3n) is 4.80. The van der Waals surface area contributed by atoms with Gasteiger partial charge in [0.1, 0.15) is 6.33 Å². The van der Waals surface area contributed by atoms with Gasteiger partial charge in [0.15, 0.2) is 0 Å². The predicted molar refractivity (Wildman–Crippen MR) is 99.6 cm³/mol. The molecule has 0 radical (unpaired) electrons. The van der Waals surface area contributed by atoms with Gasteiger partial charge in [-0.15, -0.1) is 0 Å². The predicted octanol–water partition coefficient (Wildman–Crippen LogP) is 2.41. The molecule has 1 aromatic carbocycles. The minimum absolute atomic E-state index is 0.298. The molecule has 0 aliphatic carbocycles. The van der Waals surface area contributed by atoms with Crippen LogP contribution in [0.2, 0.25) is 0 Å². The smallest absolute Gasteiger partial charge is 0.337 e. The molecule has 2 heterocycles. The maximum Gasteiger partial charge on any atom is 0.337 e. The van der Waals surface area contributed by atoms with Crippen molar-refractivity contribution in [3.63, 3.8) is 0 Å². The van der Waals surface area contributed by atoms with Crippen molar-refractivity contribution in [2.45, 2.75) is 38.4 Å². The lowest BCUT2D eigenvalue weighted by molar-refractivity contribution is 0.0600. The average molecular weight is 354 g/mol. The van der Waals surface area contributed by atoms with E-state index in [2.05, 4.69) is 26.3 Å². The van der Waals surface area contributed by atoms with Crippen LogP contribution >= 0.6 is 0 Å². The largest absolute Gasteiger partial charge is 0.465 e. The third-order valence-corrected chi connectivity index (χ3v) is 4.80. The van der Waals surface area contributed by atoms with Crippen molar-refractivity contribution >= 4 is 5.97 Å². The Balaban J connectivity index is 1.79. The number of esters is 1. The molecule has 1 N–H and O–H groups in total. The Kier molecular flexibility index (Phi) is 6.68. The highest BCUT2D eigenvalue weighted by molar-refractivity contribution is 5.89. The zero-order valence-corrected chi connectivity index (χ0v) is 15.2. The Morgan fingerprint density at radius 3 is 2.81 bits per heavy atom. The number of methoxy groups -OCH3 is 1. The summed E-state index contributed by atoms with van der Waals surface area (Å²) in [4.78, 5) is 22.6. The summed E-state index contributed by atoms with van der Waals surface area (Å²) in [5.41, 5.74) is 2.81.